The normalized spacial score (nSPS) is 16.7. The maximum atomic E-state index is 14.1. The minimum Gasteiger partial charge on any atom is -0.506 e. The largest absolute Gasteiger partial charge is 0.506 e. The number of aryl methyl sites for hydroxylation is 1. The number of rotatable bonds is 3. The molecule has 236 valence electrons. The van der Waals surface area contributed by atoms with Gasteiger partial charge in [0.25, 0.3) is 0 Å². The van der Waals surface area contributed by atoms with Gasteiger partial charge in [0.2, 0.25) is 17.2 Å². The summed E-state index contributed by atoms with van der Waals surface area (Å²) in [6.45, 7) is 4.93. The molecule has 5 aromatic rings. The molecule has 4 nitrogen and oxygen atoms in total. The summed E-state index contributed by atoms with van der Waals surface area (Å²) >= 11 is 0. The van der Waals surface area contributed by atoms with Crippen LogP contribution in [0.25, 0.3) is 27.7 Å². The number of carbonyl (C=O) groups excluding carboxylic acids is 1. The molecule has 1 aliphatic carbocycles. The van der Waals surface area contributed by atoms with Gasteiger partial charge in [0.15, 0.2) is 5.71 Å². The molecule has 0 saturated carbocycles. The fraction of sp³-hybridized carbons (Fsp3) is 0.135. The minimum atomic E-state index is -4.57. The van der Waals surface area contributed by atoms with E-state index < -0.39 is 29.3 Å². The van der Waals surface area contributed by atoms with Crippen LogP contribution in [-0.4, -0.2) is 21.2 Å². The fourth-order valence-electron chi connectivity index (χ4n) is 6.77. The predicted octanol–water partition coefficient (Wildman–Crippen LogP) is 9.90. The zero-order chi connectivity index (χ0) is 33.6. The lowest BCUT2D eigenvalue weighted by Crippen LogP contribution is -2.25. The molecule has 10 heteroatoms. The molecule has 2 aliphatic rings. The Morgan fingerprint density at radius 2 is 1.38 bits per heavy atom. The number of alkyl halides is 6. The maximum Gasteiger partial charge on any atom is 0.416 e. The molecule has 0 amide bonds. The molecular weight excluding hydrogens is 618 g/mol. The SMILES string of the molecule is CC1=[N+](c2cccc(C(F)(F)F)c2)c2ccccc2C1=C1C(=O)C(c2c(C)n(-c3cc(C)cc(C(F)(F)F)c3)c3ccccc23)=C1O. The lowest BCUT2D eigenvalue weighted by atomic mass is 9.78. The Labute approximate surface area is 264 Å². The number of hydrogen-bond acceptors (Lipinski definition) is 2. The van der Waals surface area contributed by atoms with Gasteiger partial charge in [-0.05, 0) is 55.8 Å². The van der Waals surface area contributed by atoms with Gasteiger partial charge in [0.05, 0.1) is 38.9 Å². The molecule has 0 atom stereocenters. The van der Waals surface area contributed by atoms with Gasteiger partial charge in [0, 0.05) is 47.5 Å². The minimum absolute atomic E-state index is 0.0190. The van der Waals surface area contributed by atoms with Gasteiger partial charge in [-0.15, -0.1) is 0 Å². The standard InChI is InChI=1S/C37H24F6N2O2/c1-19-15-23(37(41,42)43)18-25(16-19)45-21(3)31(27-12-5-7-14-29(27)45)33-34(46)32(35(33)47)30-20(2)44(28-13-6-4-11-26(28)30)24-10-8-9-22(17-24)36(38,39)40/h4-18H,1-3H3/p+1. The molecule has 1 aliphatic heterocycles. The molecule has 0 fully saturated rings. The quantitative estimate of drug-likeness (QED) is 0.121. The summed E-state index contributed by atoms with van der Waals surface area (Å²) in [7, 11) is 0. The Kier molecular flexibility index (Phi) is 6.65. The van der Waals surface area contributed by atoms with E-state index in [1.54, 1.807) is 90.6 Å². The number of halogens is 6. The summed E-state index contributed by atoms with van der Waals surface area (Å²) in [5.41, 5.74) is 2.67. The maximum absolute atomic E-state index is 14.1. The van der Waals surface area contributed by atoms with E-state index in [2.05, 4.69) is 0 Å². The second kappa shape index (κ2) is 10.3. The zero-order valence-electron chi connectivity index (χ0n) is 25.2. The summed E-state index contributed by atoms with van der Waals surface area (Å²) in [6.07, 6.45) is -9.13. The van der Waals surface area contributed by atoms with Gasteiger partial charge in [-0.1, -0.05) is 36.4 Å². The number of para-hydroxylation sites is 2. The van der Waals surface area contributed by atoms with Gasteiger partial charge in [-0.3, -0.25) is 4.79 Å². The van der Waals surface area contributed by atoms with Crippen molar-refractivity contribution in [3.63, 3.8) is 0 Å². The highest BCUT2D eigenvalue weighted by Crippen LogP contribution is 2.49. The van der Waals surface area contributed by atoms with Crippen molar-refractivity contribution in [2.45, 2.75) is 33.1 Å². The van der Waals surface area contributed by atoms with Crippen molar-refractivity contribution in [2.24, 2.45) is 0 Å². The Hall–Kier alpha value is -5.38. The monoisotopic (exact) mass is 643 g/mol. The molecule has 7 rings (SSSR count). The first-order valence-corrected chi connectivity index (χ1v) is 14.6. The Balaban J connectivity index is 1.44. The van der Waals surface area contributed by atoms with E-state index >= 15 is 0 Å². The number of aromatic nitrogens is 1. The van der Waals surface area contributed by atoms with E-state index in [-0.39, 0.29) is 28.3 Å². The molecule has 47 heavy (non-hydrogen) atoms. The van der Waals surface area contributed by atoms with Crippen LogP contribution in [0.1, 0.15) is 40.4 Å². The fourth-order valence-corrected chi connectivity index (χ4v) is 6.77. The number of allylic oxidation sites excluding steroid dienone is 3. The second-order valence-corrected chi connectivity index (χ2v) is 11.7. The Bertz CT molecular complexity index is 2280. The second-order valence-electron chi connectivity index (χ2n) is 11.7. The molecule has 0 bridgehead atoms. The third kappa shape index (κ3) is 4.61. The zero-order valence-corrected chi connectivity index (χ0v) is 25.2. The number of aliphatic hydroxyl groups excluding tert-OH is 1. The first-order chi connectivity index (χ1) is 22.2. The molecule has 0 spiro atoms. The molecule has 1 N–H and O–H groups in total. The van der Waals surface area contributed by atoms with Crippen LogP contribution in [-0.2, 0) is 17.1 Å². The van der Waals surface area contributed by atoms with Crippen LogP contribution < -0.4 is 4.58 Å². The van der Waals surface area contributed by atoms with Crippen molar-refractivity contribution < 1.29 is 36.2 Å². The van der Waals surface area contributed by atoms with Crippen molar-refractivity contribution in [1.29, 1.82) is 0 Å². The smallest absolute Gasteiger partial charge is 0.416 e. The summed E-state index contributed by atoms with van der Waals surface area (Å²) in [5, 5.41) is 12.2. The molecule has 1 aromatic heterocycles. The number of hydrogen-bond donors (Lipinski definition) is 1. The molecule has 2 heterocycles. The van der Waals surface area contributed by atoms with Crippen molar-refractivity contribution in [2.75, 3.05) is 0 Å². The van der Waals surface area contributed by atoms with Crippen molar-refractivity contribution in [3.05, 3.63) is 136 Å². The number of nitrogens with zero attached hydrogens (tertiary/aromatic N) is 2. The lowest BCUT2D eigenvalue weighted by molar-refractivity contribution is -0.138. The van der Waals surface area contributed by atoms with Crippen LogP contribution >= 0.6 is 0 Å². The number of Topliss-reactive ketones (excluding diaryl/α,β-unsaturated/α-hetero) is 1. The van der Waals surface area contributed by atoms with Gasteiger partial charge < -0.3 is 9.67 Å². The lowest BCUT2D eigenvalue weighted by Gasteiger charge is -2.23. The summed E-state index contributed by atoms with van der Waals surface area (Å²) < 4.78 is 85.3. The van der Waals surface area contributed by atoms with Crippen LogP contribution in [0.2, 0.25) is 0 Å². The number of ketones is 1. The predicted molar refractivity (Wildman–Crippen MR) is 169 cm³/mol. The topological polar surface area (TPSA) is 45.2 Å². The first-order valence-electron chi connectivity index (χ1n) is 14.6. The van der Waals surface area contributed by atoms with Crippen LogP contribution in [0.4, 0.5) is 37.7 Å². The van der Waals surface area contributed by atoms with E-state index in [4.69, 9.17) is 0 Å². The average Bonchev–Trinajstić information content (AvgIpc) is 3.46. The third-order valence-corrected chi connectivity index (χ3v) is 8.73. The van der Waals surface area contributed by atoms with E-state index in [0.717, 1.165) is 24.3 Å². The van der Waals surface area contributed by atoms with Crippen molar-refractivity contribution >= 4 is 44.9 Å². The van der Waals surface area contributed by atoms with E-state index in [0.29, 0.717) is 50.3 Å². The van der Waals surface area contributed by atoms with Crippen molar-refractivity contribution in [3.8, 4) is 5.69 Å². The van der Waals surface area contributed by atoms with Gasteiger partial charge in [-0.25, -0.2) is 0 Å². The summed E-state index contributed by atoms with van der Waals surface area (Å²) in [5.74, 6) is -0.778. The summed E-state index contributed by atoms with van der Waals surface area (Å²) in [6, 6.07) is 22.5. The Morgan fingerprint density at radius 1 is 0.702 bits per heavy atom. The van der Waals surface area contributed by atoms with E-state index in [9.17, 15) is 36.2 Å². The van der Waals surface area contributed by atoms with Gasteiger partial charge in [-0.2, -0.15) is 30.9 Å². The Morgan fingerprint density at radius 3 is 2.09 bits per heavy atom. The molecule has 4 aromatic carbocycles. The average molecular weight is 644 g/mol. The van der Waals surface area contributed by atoms with E-state index in [1.165, 1.54) is 6.07 Å². The van der Waals surface area contributed by atoms with Crippen LogP contribution in [0.3, 0.4) is 0 Å². The highest BCUT2D eigenvalue weighted by molar-refractivity contribution is 6.48. The van der Waals surface area contributed by atoms with Crippen LogP contribution in [0.15, 0.2) is 102 Å². The van der Waals surface area contributed by atoms with Crippen LogP contribution in [0.5, 0.6) is 0 Å². The van der Waals surface area contributed by atoms with Gasteiger partial charge >= 0.3 is 12.4 Å². The van der Waals surface area contributed by atoms with E-state index in [1.807, 2.05) is 0 Å². The molecule has 0 radical (unpaired) electrons. The third-order valence-electron chi connectivity index (χ3n) is 8.73. The number of carbonyl (C=O) groups is 1. The molecule has 0 saturated heterocycles. The van der Waals surface area contributed by atoms with Crippen LogP contribution in [0, 0.1) is 13.8 Å². The van der Waals surface area contributed by atoms with Crippen molar-refractivity contribution in [1.82, 2.24) is 9.14 Å². The highest BCUT2D eigenvalue weighted by Gasteiger charge is 2.46. The molecular formula is C37H25F6N2O2+. The number of fused-ring (bicyclic) bond motifs is 2. The van der Waals surface area contributed by atoms with Gasteiger partial charge in [0.1, 0.15) is 5.76 Å². The number of aliphatic hydroxyl groups is 1. The summed E-state index contributed by atoms with van der Waals surface area (Å²) in [4.78, 5) is 14.1. The molecule has 0 unspecified atom stereocenters. The highest BCUT2D eigenvalue weighted by atomic mass is 19.4. The first kappa shape index (κ1) is 30.3. The number of benzene rings is 4.